The van der Waals surface area contributed by atoms with Crippen LogP contribution in [0.5, 0.6) is 0 Å². The minimum atomic E-state index is -0.451. The Bertz CT molecular complexity index is 1220. The van der Waals surface area contributed by atoms with Crippen molar-refractivity contribution in [3.63, 3.8) is 0 Å². The highest BCUT2D eigenvalue weighted by Crippen LogP contribution is 2.23. The van der Waals surface area contributed by atoms with Crippen LogP contribution in [0.2, 0.25) is 0 Å². The van der Waals surface area contributed by atoms with Gasteiger partial charge < -0.3 is 21.3 Å². The van der Waals surface area contributed by atoms with Crippen LogP contribution in [0.15, 0.2) is 54.6 Å². The van der Waals surface area contributed by atoms with E-state index in [1.165, 1.54) is 19.9 Å². The van der Waals surface area contributed by atoms with Gasteiger partial charge in [-0.25, -0.2) is 9.97 Å². The summed E-state index contributed by atoms with van der Waals surface area (Å²) >= 11 is 0. The maximum Gasteiger partial charge on any atom is 0.256 e. The Morgan fingerprint density at radius 3 is 1.44 bits per heavy atom. The molecule has 4 N–H and O–H groups in total. The molecule has 0 aliphatic heterocycles. The Hall–Kier alpha value is -4.60. The predicted molar refractivity (Wildman–Crippen MR) is 138 cm³/mol. The van der Waals surface area contributed by atoms with Crippen LogP contribution in [-0.2, 0) is 9.59 Å². The van der Waals surface area contributed by atoms with Crippen LogP contribution in [0, 0.1) is 0 Å². The first-order valence-electron chi connectivity index (χ1n) is 11.4. The molecule has 0 radical (unpaired) electrons. The van der Waals surface area contributed by atoms with Crippen molar-refractivity contribution in [3.05, 3.63) is 71.3 Å². The highest BCUT2D eigenvalue weighted by atomic mass is 16.2. The fourth-order valence-electron chi connectivity index (χ4n) is 3.32. The third-order valence-corrected chi connectivity index (χ3v) is 5.25. The van der Waals surface area contributed by atoms with Crippen LogP contribution >= 0.6 is 0 Å². The number of amides is 4. The third-order valence-electron chi connectivity index (χ3n) is 5.25. The molecule has 1 aromatic carbocycles. The summed E-state index contributed by atoms with van der Waals surface area (Å²) in [6, 6.07) is 14.7. The van der Waals surface area contributed by atoms with Gasteiger partial charge in [0.15, 0.2) is 0 Å². The summed E-state index contributed by atoms with van der Waals surface area (Å²) in [5, 5.41) is 10.6. The number of pyridine rings is 2. The molecule has 186 valence electrons. The number of nitrogens with one attached hydrogen (secondary N) is 4. The molecule has 0 bridgehead atoms. The molecular weight excluding hydrogens is 460 g/mol. The third kappa shape index (κ3) is 7.20. The average Bonchev–Trinajstić information content (AvgIpc) is 2.82. The standard InChI is InChI=1S/C26H28N6O4/c1-5-15(2)18-12-19(25(35)31-23-10-6-8-21(29-23)27-16(3)33)14-20(13-18)26(36)32-24-11-7-9-22(30-24)28-17(4)34/h6-15H,5H2,1-4H3,(H2,27,29,31,33,35)(H2,28,30,32,34,36). The number of carbonyl (C=O) groups excluding carboxylic acids is 4. The zero-order valence-electron chi connectivity index (χ0n) is 20.5. The van der Waals surface area contributed by atoms with Gasteiger partial charge in [0.25, 0.3) is 11.8 Å². The summed E-state index contributed by atoms with van der Waals surface area (Å²) in [5.74, 6) is -0.229. The number of nitrogens with zero attached hydrogens (tertiary/aromatic N) is 2. The lowest BCUT2D eigenvalue weighted by Gasteiger charge is -2.14. The lowest BCUT2D eigenvalue weighted by Crippen LogP contribution is -2.18. The first-order valence-corrected chi connectivity index (χ1v) is 11.4. The van der Waals surface area contributed by atoms with Crippen molar-refractivity contribution in [2.45, 2.75) is 40.0 Å². The van der Waals surface area contributed by atoms with E-state index in [0.29, 0.717) is 11.6 Å². The molecule has 3 rings (SSSR count). The molecule has 1 unspecified atom stereocenters. The second-order valence-electron chi connectivity index (χ2n) is 8.24. The molecule has 1 atom stereocenters. The summed E-state index contributed by atoms with van der Waals surface area (Å²) in [4.78, 5) is 57.2. The zero-order chi connectivity index (χ0) is 26.2. The van der Waals surface area contributed by atoms with Gasteiger partial charge in [0.1, 0.15) is 23.3 Å². The van der Waals surface area contributed by atoms with E-state index in [9.17, 15) is 19.2 Å². The topological polar surface area (TPSA) is 142 Å². The van der Waals surface area contributed by atoms with Crippen LogP contribution < -0.4 is 21.3 Å². The Morgan fingerprint density at radius 2 is 1.08 bits per heavy atom. The van der Waals surface area contributed by atoms with E-state index >= 15 is 0 Å². The zero-order valence-corrected chi connectivity index (χ0v) is 20.5. The maximum atomic E-state index is 13.1. The van der Waals surface area contributed by atoms with Crippen LogP contribution in [0.25, 0.3) is 0 Å². The summed E-state index contributed by atoms with van der Waals surface area (Å²) < 4.78 is 0. The van der Waals surface area contributed by atoms with E-state index in [4.69, 9.17) is 0 Å². The predicted octanol–water partition coefficient (Wildman–Crippen LogP) is 4.41. The van der Waals surface area contributed by atoms with Crippen molar-refractivity contribution < 1.29 is 19.2 Å². The van der Waals surface area contributed by atoms with E-state index in [1.54, 1.807) is 48.5 Å². The van der Waals surface area contributed by atoms with Crippen molar-refractivity contribution in [2.75, 3.05) is 21.3 Å². The molecule has 36 heavy (non-hydrogen) atoms. The molecule has 0 spiro atoms. The summed E-state index contributed by atoms with van der Waals surface area (Å²) in [6.45, 7) is 6.76. The first kappa shape index (κ1) is 26.0. The highest BCUT2D eigenvalue weighted by Gasteiger charge is 2.17. The molecule has 4 amide bonds. The van der Waals surface area contributed by atoms with Gasteiger partial charge in [-0.2, -0.15) is 0 Å². The number of hydrogen-bond acceptors (Lipinski definition) is 6. The molecular formula is C26H28N6O4. The van der Waals surface area contributed by atoms with Crippen molar-refractivity contribution >= 4 is 46.9 Å². The van der Waals surface area contributed by atoms with Crippen LogP contribution in [-0.4, -0.2) is 33.6 Å². The van der Waals surface area contributed by atoms with E-state index in [0.717, 1.165) is 12.0 Å². The molecule has 3 aromatic rings. The number of rotatable bonds is 8. The van der Waals surface area contributed by atoms with Crippen molar-refractivity contribution in [2.24, 2.45) is 0 Å². The number of hydrogen-bond donors (Lipinski definition) is 4. The second-order valence-corrected chi connectivity index (χ2v) is 8.24. The molecule has 0 saturated heterocycles. The van der Waals surface area contributed by atoms with Gasteiger partial charge in [0, 0.05) is 25.0 Å². The largest absolute Gasteiger partial charge is 0.311 e. The van der Waals surface area contributed by atoms with Gasteiger partial charge in [0.2, 0.25) is 11.8 Å². The first-order chi connectivity index (χ1) is 17.1. The monoisotopic (exact) mass is 488 g/mol. The van der Waals surface area contributed by atoms with Gasteiger partial charge in [-0.3, -0.25) is 19.2 Å². The molecule has 0 fully saturated rings. The van der Waals surface area contributed by atoms with Crippen LogP contribution in [0.4, 0.5) is 23.3 Å². The lowest BCUT2D eigenvalue weighted by atomic mass is 9.94. The molecule has 0 aliphatic rings. The summed E-state index contributed by atoms with van der Waals surface area (Å²) in [7, 11) is 0. The molecule has 0 aliphatic carbocycles. The summed E-state index contributed by atoms with van der Waals surface area (Å²) in [6.07, 6.45) is 0.812. The fourth-order valence-corrected chi connectivity index (χ4v) is 3.32. The van der Waals surface area contributed by atoms with E-state index in [-0.39, 0.29) is 40.5 Å². The molecule has 0 saturated carbocycles. The maximum absolute atomic E-state index is 13.1. The van der Waals surface area contributed by atoms with E-state index < -0.39 is 11.8 Å². The number of carbonyl (C=O) groups is 4. The van der Waals surface area contributed by atoms with Gasteiger partial charge in [-0.1, -0.05) is 26.0 Å². The molecule has 10 heteroatoms. The lowest BCUT2D eigenvalue weighted by molar-refractivity contribution is -0.115. The Balaban J connectivity index is 1.87. The smallest absolute Gasteiger partial charge is 0.256 e. The van der Waals surface area contributed by atoms with Gasteiger partial charge in [-0.05, 0) is 60.4 Å². The average molecular weight is 489 g/mol. The number of aromatic nitrogens is 2. The van der Waals surface area contributed by atoms with Gasteiger partial charge in [-0.15, -0.1) is 0 Å². The number of anilines is 4. The highest BCUT2D eigenvalue weighted by molar-refractivity contribution is 6.08. The van der Waals surface area contributed by atoms with Crippen molar-refractivity contribution in [3.8, 4) is 0 Å². The van der Waals surface area contributed by atoms with Crippen LogP contribution in [0.1, 0.15) is 66.3 Å². The van der Waals surface area contributed by atoms with Crippen molar-refractivity contribution in [1.29, 1.82) is 0 Å². The number of benzene rings is 1. The molecule has 2 heterocycles. The minimum Gasteiger partial charge on any atom is -0.311 e. The molecule has 10 nitrogen and oxygen atoms in total. The second kappa shape index (κ2) is 11.7. The Labute approximate surface area is 208 Å². The fraction of sp³-hybridized carbons (Fsp3) is 0.231. The quantitative estimate of drug-likeness (QED) is 0.370. The SMILES string of the molecule is CCC(C)c1cc(C(=O)Nc2cccc(NC(C)=O)n2)cc(C(=O)Nc2cccc(NC(C)=O)n2)c1. The van der Waals surface area contributed by atoms with Crippen LogP contribution in [0.3, 0.4) is 0 Å². The summed E-state index contributed by atoms with van der Waals surface area (Å²) in [5.41, 5.74) is 1.39. The minimum absolute atomic E-state index is 0.103. The van der Waals surface area contributed by atoms with Gasteiger partial charge in [0.05, 0.1) is 0 Å². The Morgan fingerprint density at radius 1 is 0.694 bits per heavy atom. The normalized spacial score (nSPS) is 11.2. The van der Waals surface area contributed by atoms with Crippen molar-refractivity contribution in [1.82, 2.24) is 9.97 Å². The Kier molecular flexibility index (Phi) is 8.45. The van der Waals surface area contributed by atoms with E-state index in [2.05, 4.69) is 31.2 Å². The van der Waals surface area contributed by atoms with E-state index in [1.807, 2.05) is 13.8 Å². The van der Waals surface area contributed by atoms with Gasteiger partial charge >= 0.3 is 0 Å². The molecule has 2 aromatic heterocycles.